The lowest BCUT2D eigenvalue weighted by Gasteiger charge is -2.38. The number of benzene rings is 1. The summed E-state index contributed by atoms with van der Waals surface area (Å²) in [4.78, 5) is 14.7. The van der Waals surface area contributed by atoms with Gasteiger partial charge in [0.2, 0.25) is 5.95 Å². The van der Waals surface area contributed by atoms with Gasteiger partial charge in [-0.15, -0.1) is 0 Å². The molecular formula is C29H41ClN6OS. The zero-order valence-corrected chi connectivity index (χ0v) is 24.3. The van der Waals surface area contributed by atoms with E-state index in [0.717, 1.165) is 68.9 Å². The van der Waals surface area contributed by atoms with E-state index < -0.39 is 0 Å². The Kier molecular flexibility index (Phi) is 8.91. The molecule has 0 spiro atoms. The smallest absolute Gasteiger partial charge is 0.232 e. The van der Waals surface area contributed by atoms with E-state index in [2.05, 4.69) is 52.5 Å². The molecule has 4 heterocycles. The highest BCUT2D eigenvalue weighted by molar-refractivity contribution is 7.80. The first-order valence-electron chi connectivity index (χ1n) is 14.2. The van der Waals surface area contributed by atoms with E-state index in [1.807, 2.05) is 12.1 Å². The Bertz CT molecular complexity index is 1090. The number of rotatable bonds is 6. The van der Waals surface area contributed by atoms with Gasteiger partial charge in [-0.2, -0.15) is 9.97 Å². The highest BCUT2D eigenvalue weighted by Crippen LogP contribution is 2.35. The minimum absolute atomic E-state index is 0.0867. The topological polar surface area (TPSA) is 65.5 Å². The van der Waals surface area contributed by atoms with Crippen LogP contribution < -0.4 is 20.4 Å². The number of nitrogens with one attached hydrogen (secondary N) is 2. The molecule has 2 N–H and O–H groups in total. The largest absolute Gasteiger partial charge is 0.381 e. The van der Waals surface area contributed by atoms with Crippen LogP contribution in [0, 0.1) is 11.8 Å². The summed E-state index contributed by atoms with van der Waals surface area (Å²) in [6, 6.07) is 10.4. The molecule has 2 aromatic rings. The van der Waals surface area contributed by atoms with Crippen LogP contribution in [0.4, 0.5) is 17.6 Å². The van der Waals surface area contributed by atoms with Gasteiger partial charge in [-0.05, 0) is 80.3 Å². The molecule has 5 rings (SSSR count). The van der Waals surface area contributed by atoms with Gasteiger partial charge in [0.15, 0.2) is 5.11 Å². The number of thiocarbonyl (C=S) groups is 1. The molecule has 0 radical (unpaired) electrons. The molecule has 3 aliphatic heterocycles. The predicted molar refractivity (Wildman–Crippen MR) is 161 cm³/mol. The van der Waals surface area contributed by atoms with Gasteiger partial charge in [0.05, 0.1) is 0 Å². The minimum Gasteiger partial charge on any atom is -0.381 e. The molecule has 0 unspecified atom stereocenters. The molecule has 3 fully saturated rings. The number of piperidine rings is 2. The Labute approximate surface area is 237 Å². The molecule has 3 saturated heterocycles. The van der Waals surface area contributed by atoms with Gasteiger partial charge in [0, 0.05) is 62.4 Å². The molecule has 206 valence electrons. The first-order chi connectivity index (χ1) is 18.4. The fourth-order valence-electron chi connectivity index (χ4n) is 6.32. The summed E-state index contributed by atoms with van der Waals surface area (Å²) in [5.74, 6) is 3.84. The van der Waals surface area contributed by atoms with Crippen molar-refractivity contribution in [3.05, 3.63) is 40.9 Å². The Morgan fingerprint density at radius 3 is 2.39 bits per heavy atom. The summed E-state index contributed by atoms with van der Waals surface area (Å²) in [5, 5.41) is 8.11. The molecule has 0 saturated carbocycles. The maximum absolute atomic E-state index is 6.36. The summed E-state index contributed by atoms with van der Waals surface area (Å²) in [5.41, 5.74) is 1.14. The molecular weight excluding hydrogens is 516 g/mol. The zero-order valence-electron chi connectivity index (χ0n) is 22.7. The van der Waals surface area contributed by atoms with Crippen molar-refractivity contribution in [2.75, 3.05) is 61.1 Å². The third-order valence-electron chi connectivity index (χ3n) is 8.27. The monoisotopic (exact) mass is 556 g/mol. The van der Waals surface area contributed by atoms with Crippen molar-refractivity contribution < 1.29 is 4.74 Å². The summed E-state index contributed by atoms with van der Waals surface area (Å²) in [7, 11) is 0. The number of hydrogen-bond acceptors (Lipinski definition) is 6. The van der Waals surface area contributed by atoms with E-state index in [9.17, 15) is 0 Å². The second-order valence-electron chi connectivity index (χ2n) is 11.5. The van der Waals surface area contributed by atoms with Gasteiger partial charge in [-0.3, -0.25) is 0 Å². The quantitative estimate of drug-likeness (QED) is 0.443. The van der Waals surface area contributed by atoms with Crippen LogP contribution in [0.1, 0.15) is 57.9 Å². The SMILES string of the molecule is C[C@@H]1C[C@@H](C)CN(c2cc(N3CCCCC3)nc(NC(=S)NCC3(c4cccc(Cl)c4)CCOCC3)n2)C1. The van der Waals surface area contributed by atoms with E-state index in [4.69, 9.17) is 38.5 Å². The second kappa shape index (κ2) is 12.3. The van der Waals surface area contributed by atoms with E-state index in [1.54, 1.807) is 0 Å². The summed E-state index contributed by atoms with van der Waals surface area (Å²) >= 11 is 12.1. The number of halogens is 1. The van der Waals surface area contributed by atoms with E-state index in [1.165, 1.54) is 31.2 Å². The molecule has 0 aliphatic carbocycles. The average molecular weight is 557 g/mol. The Morgan fingerprint density at radius 1 is 1.03 bits per heavy atom. The van der Waals surface area contributed by atoms with Gasteiger partial charge < -0.3 is 25.2 Å². The van der Waals surface area contributed by atoms with Crippen molar-refractivity contribution in [2.24, 2.45) is 11.8 Å². The molecule has 38 heavy (non-hydrogen) atoms. The lowest BCUT2D eigenvalue weighted by molar-refractivity contribution is 0.0515. The summed E-state index contributed by atoms with van der Waals surface area (Å²) < 4.78 is 5.70. The van der Waals surface area contributed by atoms with Crippen LogP contribution in [0.5, 0.6) is 0 Å². The zero-order chi connectivity index (χ0) is 26.5. The molecule has 7 nitrogen and oxygen atoms in total. The predicted octanol–water partition coefficient (Wildman–Crippen LogP) is 5.64. The third-order valence-corrected chi connectivity index (χ3v) is 8.75. The summed E-state index contributed by atoms with van der Waals surface area (Å²) in [6.45, 7) is 10.9. The first-order valence-corrected chi connectivity index (χ1v) is 15.0. The minimum atomic E-state index is -0.0867. The molecule has 0 bridgehead atoms. The van der Waals surface area contributed by atoms with Crippen molar-refractivity contribution in [1.82, 2.24) is 15.3 Å². The maximum atomic E-state index is 6.36. The standard InChI is InChI=1S/C29H41ClN6OS/c1-21-15-22(2)19-36(18-21)26-17-25(35-11-4-3-5-12-35)32-27(33-26)34-28(38)31-20-29(9-13-37-14-10-29)23-7-6-8-24(30)16-23/h6-8,16-17,21-22H,3-5,9-15,18-20H2,1-2H3,(H2,31,32,33,34,38)/t21-,22-/m1/s1. The van der Waals surface area contributed by atoms with Crippen LogP contribution in [-0.2, 0) is 10.2 Å². The van der Waals surface area contributed by atoms with Crippen LogP contribution in [0.3, 0.4) is 0 Å². The third kappa shape index (κ3) is 6.69. The van der Waals surface area contributed by atoms with Crippen LogP contribution in [0.15, 0.2) is 30.3 Å². The number of aromatic nitrogens is 2. The van der Waals surface area contributed by atoms with Crippen molar-refractivity contribution in [1.29, 1.82) is 0 Å². The van der Waals surface area contributed by atoms with Crippen molar-refractivity contribution in [3.8, 4) is 0 Å². The first kappa shape index (κ1) is 27.4. The van der Waals surface area contributed by atoms with E-state index in [-0.39, 0.29) is 5.41 Å². The van der Waals surface area contributed by atoms with Crippen LogP contribution in [-0.4, -0.2) is 61.0 Å². The molecule has 9 heteroatoms. The number of anilines is 3. The Morgan fingerprint density at radius 2 is 1.71 bits per heavy atom. The average Bonchev–Trinajstić information content (AvgIpc) is 2.92. The van der Waals surface area contributed by atoms with Crippen LogP contribution in [0.25, 0.3) is 0 Å². The Hall–Kier alpha value is -2.16. The van der Waals surface area contributed by atoms with Gasteiger partial charge in [-0.25, -0.2) is 0 Å². The molecule has 3 aliphatic rings. The molecule has 2 atom stereocenters. The van der Waals surface area contributed by atoms with Gasteiger partial charge in [0.1, 0.15) is 11.6 Å². The van der Waals surface area contributed by atoms with E-state index in [0.29, 0.717) is 29.4 Å². The number of nitrogens with zero attached hydrogens (tertiary/aromatic N) is 4. The molecule has 0 amide bonds. The maximum Gasteiger partial charge on any atom is 0.232 e. The van der Waals surface area contributed by atoms with Gasteiger partial charge in [0.25, 0.3) is 0 Å². The van der Waals surface area contributed by atoms with Gasteiger partial charge in [-0.1, -0.05) is 37.6 Å². The van der Waals surface area contributed by atoms with Crippen LogP contribution in [0.2, 0.25) is 5.02 Å². The highest BCUT2D eigenvalue weighted by Gasteiger charge is 2.35. The lowest BCUT2D eigenvalue weighted by Crippen LogP contribution is -2.45. The number of hydrogen-bond donors (Lipinski definition) is 2. The van der Waals surface area contributed by atoms with Crippen molar-refractivity contribution >= 4 is 46.5 Å². The highest BCUT2D eigenvalue weighted by atomic mass is 35.5. The molecule has 1 aromatic heterocycles. The molecule has 1 aromatic carbocycles. The fourth-order valence-corrected chi connectivity index (χ4v) is 6.67. The van der Waals surface area contributed by atoms with Crippen LogP contribution >= 0.6 is 23.8 Å². The fraction of sp³-hybridized carbons (Fsp3) is 0.621. The summed E-state index contributed by atoms with van der Waals surface area (Å²) in [6.07, 6.45) is 6.79. The normalized spacial score (nSPS) is 23.7. The number of ether oxygens (including phenoxy) is 1. The van der Waals surface area contributed by atoms with Crippen molar-refractivity contribution in [2.45, 2.75) is 57.8 Å². The van der Waals surface area contributed by atoms with Gasteiger partial charge >= 0.3 is 0 Å². The second-order valence-corrected chi connectivity index (χ2v) is 12.4. The Balaban J connectivity index is 1.33. The van der Waals surface area contributed by atoms with Crippen molar-refractivity contribution in [3.63, 3.8) is 0 Å². The lowest BCUT2D eigenvalue weighted by atomic mass is 9.74. The van der Waals surface area contributed by atoms with E-state index >= 15 is 0 Å².